The Morgan fingerprint density at radius 3 is 1.08 bits per heavy atom. The van der Waals surface area contributed by atoms with Crippen LogP contribution in [0.25, 0.3) is 0 Å². The van der Waals surface area contributed by atoms with Crippen LogP contribution in [0.1, 0.15) is 286 Å². The molecule has 0 atom stereocenters. The molecule has 520 valence electrons. The quantitative estimate of drug-likeness (QED) is 0.105. The molecule has 0 bridgehead atoms. The molecular weight excluding hydrogens is 1260 g/mol. The Morgan fingerprint density at radius 1 is 0.376 bits per heavy atom. The molecule has 7 aromatic carbocycles. The number of aryl methyl sites for hydroxylation is 1. The van der Waals surface area contributed by atoms with Gasteiger partial charge in [-0.1, -0.05) is 376 Å². The van der Waals surface area contributed by atoms with Crippen LogP contribution in [-0.2, 0) is 6.42 Å². The molecule has 0 spiro atoms. The molecule has 1 aliphatic rings. The predicted octanol–water partition coefficient (Wildman–Crippen LogP) is 31.1. The van der Waals surface area contributed by atoms with Gasteiger partial charge in [-0.15, -0.1) is 0 Å². The summed E-state index contributed by atoms with van der Waals surface area (Å²) in [6.45, 7) is 53.4. The normalized spacial score (nSPS) is 11.7. The summed E-state index contributed by atoms with van der Waals surface area (Å²) in [6, 6.07) is 61.8. The number of rotatable bonds is 14. The number of halogens is 4. The van der Waals surface area contributed by atoms with Crippen LogP contribution in [0.3, 0.4) is 0 Å². The van der Waals surface area contributed by atoms with Crippen molar-refractivity contribution in [2.45, 2.75) is 253 Å². The summed E-state index contributed by atoms with van der Waals surface area (Å²) < 4.78 is 6.20. The van der Waals surface area contributed by atoms with E-state index in [1.165, 1.54) is 90.3 Å². The van der Waals surface area contributed by atoms with E-state index in [1.807, 2.05) is 66.7 Å². The molecule has 93 heavy (non-hydrogen) atoms. The lowest BCUT2D eigenvalue weighted by atomic mass is 9.82. The summed E-state index contributed by atoms with van der Waals surface area (Å²) in [5.74, 6) is 10.8. The van der Waals surface area contributed by atoms with Crippen molar-refractivity contribution in [3.63, 3.8) is 0 Å². The molecule has 8 rings (SSSR count). The summed E-state index contributed by atoms with van der Waals surface area (Å²) in [5.41, 5.74) is 9.48. The molecule has 0 aromatic heterocycles. The van der Waals surface area contributed by atoms with E-state index in [9.17, 15) is 0 Å². The number of hydrogen-bond acceptors (Lipinski definition) is 1. The molecular formula is C88H134BrCl3O. The smallest absolute Gasteiger partial charge is 0.118 e. The highest BCUT2D eigenvalue weighted by Gasteiger charge is 2.16. The third-order valence-corrected chi connectivity index (χ3v) is 17.4. The van der Waals surface area contributed by atoms with Crippen LogP contribution in [0.15, 0.2) is 186 Å². The molecule has 0 N–H and O–H groups in total. The molecule has 1 saturated carbocycles. The van der Waals surface area contributed by atoms with Crippen LogP contribution in [0.2, 0.25) is 15.1 Å². The van der Waals surface area contributed by atoms with E-state index in [-0.39, 0.29) is 0 Å². The van der Waals surface area contributed by atoms with Gasteiger partial charge in [-0.25, -0.2) is 0 Å². The third-order valence-electron chi connectivity index (χ3n) is 16.1. The maximum absolute atomic E-state index is 5.92. The van der Waals surface area contributed by atoms with Crippen LogP contribution in [0, 0.1) is 41.4 Å². The first kappa shape index (κ1) is 90.7. The second-order valence-corrected chi connectivity index (χ2v) is 31.1. The van der Waals surface area contributed by atoms with Gasteiger partial charge in [0.05, 0.1) is 7.11 Å². The lowest BCUT2D eigenvalue weighted by molar-refractivity contribution is 0.279. The van der Waals surface area contributed by atoms with Crippen LogP contribution in [0.4, 0.5) is 0 Å². The minimum absolute atomic E-state index is 0.522. The first-order valence-corrected chi connectivity index (χ1v) is 37.4. The Labute approximate surface area is 598 Å². The van der Waals surface area contributed by atoms with E-state index in [0.29, 0.717) is 35.5 Å². The Kier molecular flexibility index (Phi) is 53.4. The highest BCUT2D eigenvalue weighted by atomic mass is 79.9. The van der Waals surface area contributed by atoms with Gasteiger partial charge in [0.1, 0.15) is 5.75 Å². The van der Waals surface area contributed by atoms with Gasteiger partial charge >= 0.3 is 0 Å². The minimum atomic E-state index is 0.522. The fourth-order valence-electron chi connectivity index (χ4n) is 9.17. The van der Waals surface area contributed by atoms with Gasteiger partial charge in [-0.05, 0) is 190 Å². The molecule has 5 heteroatoms. The summed E-state index contributed by atoms with van der Waals surface area (Å²) >= 11 is 20.8. The van der Waals surface area contributed by atoms with Crippen molar-refractivity contribution in [1.82, 2.24) is 0 Å². The van der Waals surface area contributed by atoms with Gasteiger partial charge in [0.2, 0.25) is 0 Å². The Hall–Kier alpha value is -4.31. The summed E-state index contributed by atoms with van der Waals surface area (Å²) in [6.07, 6.45) is 11.3. The topological polar surface area (TPSA) is 9.23 Å². The van der Waals surface area contributed by atoms with E-state index in [0.717, 1.165) is 66.7 Å². The van der Waals surface area contributed by atoms with E-state index < -0.39 is 0 Å². The second-order valence-electron chi connectivity index (χ2n) is 28.9. The van der Waals surface area contributed by atoms with Crippen molar-refractivity contribution in [3.8, 4) is 5.75 Å². The number of ether oxygens (including phenoxy) is 1. The monoisotopic (exact) mass is 1390 g/mol. The van der Waals surface area contributed by atoms with Crippen LogP contribution in [0.5, 0.6) is 5.75 Å². The van der Waals surface area contributed by atoms with Gasteiger partial charge in [0, 0.05) is 19.5 Å². The Bertz CT molecular complexity index is 2710. The van der Waals surface area contributed by atoms with E-state index in [2.05, 4.69) is 297 Å². The average molecular weight is 1390 g/mol. The summed E-state index contributed by atoms with van der Waals surface area (Å²) in [7, 11) is 1.68. The number of benzene rings is 7. The average Bonchev–Trinajstić information content (AvgIpc) is 2.88. The van der Waals surface area contributed by atoms with Gasteiger partial charge in [0.25, 0.3) is 0 Å². The van der Waals surface area contributed by atoms with E-state index >= 15 is 0 Å². The fraction of sp³-hybridized carbons (Fsp3) is 0.523. The number of hydrogen-bond donors (Lipinski definition) is 0. The zero-order valence-corrected chi connectivity index (χ0v) is 67.3. The maximum atomic E-state index is 5.92. The van der Waals surface area contributed by atoms with Crippen LogP contribution < -0.4 is 4.74 Å². The molecule has 0 unspecified atom stereocenters. The zero-order chi connectivity index (χ0) is 71.0. The summed E-state index contributed by atoms with van der Waals surface area (Å²) in [4.78, 5) is 0. The molecule has 0 heterocycles. The van der Waals surface area contributed by atoms with Crippen LogP contribution in [-0.4, -0.2) is 7.11 Å². The molecule has 7 aromatic rings. The maximum Gasteiger partial charge on any atom is 0.118 e. The van der Waals surface area contributed by atoms with Gasteiger partial charge < -0.3 is 4.74 Å². The highest BCUT2D eigenvalue weighted by molar-refractivity contribution is 9.10. The Balaban J connectivity index is 0. The van der Waals surface area contributed by atoms with E-state index in [4.69, 9.17) is 39.5 Å². The molecule has 0 radical (unpaired) electrons. The lowest BCUT2D eigenvalue weighted by Crippen LogP contribution is -2.12. The predicted molar refractivity (Wildman–Crippen MR) is 427 cm³/mol. The first-order valence-electron chi connectivity index (χ1n) is 35.5. The molecule has 0 aliphatic heterocycles. The van der Waals surface area contributed by atoms with Crippen molar-refractivity contribution in [3.05, 3.63) is 240 Å². The number of methoxy groups -OCH3 is 1. The van der Waals surface area contributed by atoms with Crippen LogP contribution >= 0.6 is 50.7 Å². The standard InChI is InChI=1S/C11H16.C10H14O.C9H11Br.3C9H11Cl.C9H18.C9H12.C7H16.C6H14/c1-10(2)8-9-11-6-4-3-5-7-11;1-8(2)9-4-6-10(11-3)7-5-9;2*1-7(2)8-3-5-9(10)6-4-8;1-7(2)8-4-3-5-9(10)6-8;1-7(2)8-5-3-4-6-9(8)10;2*1-8(2)9-6-4-3-5-7-9;1-6(2)5-7(3)4;1-5(2)6(3)4/h3-7,10H,8-9H2,1-2H3;4-8H,1-3H3;4*3-7H,1-2H3;8-9H,3-7H2,1-2H3;3-8H,1-2H3;6-7H,5H2,1-4H3;5-6H,1-4H3. The summed E-state index contributed by atoms with van der Waals surface area (Å²) in [5, 5.41) is 2.51. The SMILES string of the molecule is CC(C)C(C)C.CC(C)C1CCCCC1.CC(C)CC(C)C.CC(C)CCc1ccccc1.CC(C)c1ccc(Br)cc1.CC(C)c1ccc(Cl)cc1.CC(C)c1cccc(Cl)c1.CC(C)c1ccccc1.CC(C)c1ccccc1Cl.COc1ccc(C(C)C)cc1. The van der Waals surface area contributed by atoms with E-state index in [1.54, 1.807) is 7.11 Å². The van der Waals surface area contributed by atoms with Crippen molar-refractivity contribution >= 4 is 50.7 Å². The fourth-order valence-corrected chi connectivity index (χ4v) is 10.1. The van der Waals surface area contributed by atoms with Crippen molar-refractivity contribution in [1.29, 1.82) is 0 Å². The van der Waals surface area contributed by atoms with Gasteiger partial charge in [-0.3, -0.25) is 0 Å². The molecule has 0 amide bonds. The lowest BCUT2D eigenvalue weighted by Gasteiger charge is -2.24. The molecule has 1 nitrogen and oxygen atoms in total. The second kappa shape index (κ2) is 54.8. The van der Waals surface area contributed by atoms with Gasteiger partial charge in [0.15, 0.2) is 0 Å². The molecule has 1 aliphatic carbocycles. The van der Waals surface area contributed by atoms with Crippen molar-refractivity contribution < 1.29 is 4.74 Å². The zero-order valence-electron chi connectivity index (χ0n) is 63.4. The van der Waals surface area contributed by atoms with Crippen molar-refractivity contribution in [2.24, 2.45) is 41.4 Å². The largest absolute Gasteiger partial charge is 0.497 e. The third kappa shape index (κ3) is 49.8. The highest BCUT2D eigenvalue weighted by Crippen LogP contribution is 2.29. The minimum Gasteiger partial charge on any atom is -0.497 e. The Morgan fingerprint density at radius 2 is 0.763 bits per heavy atom. The first-order chi connectivity index (χ1) is 43.7. The molecule has 0 saturated heterocycles. The molecule has 1 fully saturated rings. The van der Waals surface area contributed by atoms with Crippen molar-refractivity contribution in [2.75, 3.05) is 7.11 Å². The van der Waals surface area contributed by atoms with Gasteiger partial charge in [-0.2, -0.15) is 0 Å².